The van der Waals surface area contributed by atoms with Crippen molar-refractivity contribution in [3.05, 3.63) is 64.7 Å². The van der Waals surface area contributed by atoms with Crippen molar-refractivity contribution in [2.75, 3.05) is 13.1 Å². The fourth-order valence-electron chi connectivity index (χ4n) is 5.19. The number of hydrogen-bond donors (Lipinski definition) is 1. The molecule has 1 aliphatic heterocycles. The van der Waals surface area contributed by atoms with E-state index in [2.05, 4.69) is 0 Å². The number of aryl methyl sites for hydroxylation is 1. The van der Waals surface area contributed by atoms with Gasteiger partial charge in [-0.25, -0.2) is 0 Å². The molecule has 4 rings (SSSR count). The molecule has 34 heavy (non-hydrogen) atoms. The summed E-state index contributed by atoms with van der Waals surface area (Å²) >= 11 is 0. The van der Waals surface area contributed by atoms with Crippen molar-refractivity contribution in [3.63, 3.8) is 0 Å². The minimum absolute atomic E-state index is 0.0361. The van der Waals surface area contributed by atoms with Crippen LogP contribution >= 0.6 is 0 Å². The highest BCUT2D eigenvalue weighted by Crippen LogP contribution is 2.47. The van der Waals surface area contributed by atoms with Crippen molar-refractivity contribution in [3.8, 4) is 5.75 Å². The summed E-state index contributed by atoms with van der Waals surface area (Å²) in [6.45, 7) is 5.08. The number of carboxylic acids is 1. The monoisotopic (exact) mass is 475 g/mol. The number of ether oxygens (including phenoxy) is 1. The second kappa shape index (κ2) is 9.98. The minimum atomic E-state index is -4.37. The zero-order chi connectivity index (χ0) is 24.5. The largest absolute Gasteiger partial charge is 0.489 e. The molecular formula is C27H32F3NO3. The average molecular weight is 476 g/mol. The smallest absolute Gasteiger partial charge is 0.416 e. The molecule has 0 amide bonds. The molecule has 0 bridgehead atoms. The van der Waals surface area contributed by atoms with Crippen LogP contribution in [0.1, 0.15) is 60.8 Å². The van der Waals surface area contributed by atoms with Crippen LogP contribution in [0.4, 0.5) is 13.2 Å². The van der Waals surface area contributed by atoms with E-state index in [9.17, 15) is 23.1 Å². The van der Waals surface area contributed by atoms with Crippen LogP contribution in [0.5, 0.6) is 5.75 Å². The van der Waals surface area contributed by atoms with Crippen LogP contribution in [0, 0.1) is 18.8 Å². The van der Waals surface area contributed by atoms with Gasteiger partial charge in [-0.3, -0.25) is 9.69 Å². The topological polar surface area (TPSA) is 49.8 Å². The van der Waals surface area contributed by atoms with Gasteiger partial charge >= 0.3 is 12.1 Å². The first kappa shape index (κ1) is 24.6. The first-order chi connectivity index (χ1) is 16.1. The number of piperidine rings is 1. The number of alkyl halides is 3. The van der Waals surface area contributed by atoms with E-state index in [-0.39, 0.29) is 18.6 Å². The molecule has 1 heterocycles. The number of carbonyl (C=O) groups is 1. The number of carboxylic acid groups (broad SMARTS) is 1. The molecule has 7 heteroatoms. The minimum Gasteiger partial charge on any atom is -0.489 e. The highest BCUT2D eigenvalue weighted by atomic mass is 19.4. The summed E-state index contributed by atoms with van der Waals surface area (Å²) in [7, 11) is 0. The molecule has 2 aliphatic rings. The van der Waals surface area contributed by atoms with E-state index < -0.39 is 23.6 Å². The van der Waals surface area contributed by atoms with Crippen LogP contribution in [0.3, 0.4) is 0 Å². The maximum absolute atomic E-state index is 13.5. The quantitative estimate of drug-likeness (QED) is 0.489. The van der Waals surface area contributed by atoms with Crippen molar-refractivity contribution >= 4 is 5.97 Å². The molecule has 3 atom stereocenters. The summed E-state index contributed by atoms with van der Waals surface area (Å²) in [5.41, 5.74) is 1.51. The van der Waals surface area contributed by atoms with E-state index in [1.807, 2.05) is 29.2 Å². The molecular weight excluding hydrogens is 443 g/mol. The SMILES string of the molecule is Cc1ccc(C(F)(F)F)c(CN2CCC[C@@H](Oc3cccc([C@H](C4CC4)[C@H](C)C(=O)O)c3)C2)c1. The van der Waals surface area contributed by atoms with Gasteiger partial charge in [0.05, 0.1) is 11.5 Å². The Labute approximate surface area is 198 Å². The Morgan fingerprint density at radius 2 is 1.94 bits per heavy atom. The van der Waals surface area contributed by atoms with Crippen molar-refractivity contribution in [2.45, 2.75) is 64.3 Å². The lowest BCUT2D eigenvalue weighted by Gasteiger charge is -2.33. The van der Waals surface area contributed by atoms with E-state index in [1.165, 1.54) is 12.1 Å². The van der Waals surface area contributed by atoms with Crippen LogP contribution in [0.15, 0.2) is 42.5 Å². The summed E-state index contributed by atoms with van der Waals surface area (Å²) in [6.07, 6.45) is -0.732. The Hall–Kier alpha value is -2.54. The normalized spacial score (nSPS) is 21.1. The van der Waals surface area contributed by atoms with Crippen LogP contribution in [0.25, 0.3) is 0 Å². The Morgan fingerprint density at radius 1 is 1.18 bits per heavy atom. The highest BCUT2D eigenvalue weighted by molar-refractivity contribution is 5.71. The fourth-order valence-corrected chi connectivity index (χ4v) is 5.19. The number of halogens is 3. The van der Waals surface area contributed by atoms with Crippen molar-refractivity contribution in [1.82, 2.24) is 4.90 Å². The number of hydrogen-bond acceptors (Lipinski definition) is 3. The number of likely N-dealkylation sites (tertiary alicyclic amines) is 1. The average Bonchev–Trinajstić information content (AvgIpc) is 3.58. The molecule has 0 spiro atoms. The number of nitrogens with zero attached hydrogens (tertiary/aromatic N) is 1. The molecule has 0 unspecified atom stereocenters. The molecule has 1 saturated heterocycles. The van der Waals surface area contributed by atoms with Gasteiger partial charge in [-0.15, -0.1) is 0 Å². The third kappa shape index (κ3) is 5.93. The molecule has 2 aromatic rings. The molecule has 1 N–H and O–H groups in total. The highest BCUT2D eigenvalue weighted by Gasteiger charge is 2.39. The molecule has 0 aromatic heterocycles. The Balaban J connectivity index is 1.45. The van der Waals surface area contributed by atoms with E-state index >= 15 is 0 Å². The van der Waals surface area contributed by atoms with Gasteiger partial charge in [0.25, 0.3) is 0 Å². The Bertz CT molecular complexity index is 1020. The summed E-state index contributed by atoms with van der Waals surface area (Å²) < 4.78 is 46.7. The summed E-state index contributed by atoms with van der Waals surface area (Å²) in [6, 6.07) is 12.0. The van der Waals surface area contributed by atoms with E-state index in [0.717, 1.165) is 43.4 Å². The summed E-state index contributed by atoms with van der Waals surface area (Å²) in [4.78, 5) is 13.7. The Morgan fingerprint density at radius 3 is 2.62 bits per heavy atom. The molecule has 2 aromatic carbocycles. The van der Waals surface area contributed by atoms with Gasteiger partial charge in [-0.1, -0.05) is 36.8 Å². The maximum Gasteiger partial charge on any atom is 0.416 e. The van der Waals surface area contributed by atoms with Gasteiger partial charge in [0, 0.05) is 13.1 Å². The lowest BCUT2D eigenvalue weighted by atomic mass is 9.83. The van der Waals surface area contributed by atoms with E-state index in [1.54, 1.807) is 19.9 Å². The van der Waals surface area contributed by atoms with Gasteiger partial charge in [-0.2, -0.15) is 13.2 Å². The van der Waals surface area contributed by atoms with Crippen LogP contribution in [-0.4, -0.2) is 35.2 Å². The number of aliphatic carboxylic acids is 1. The predicted molar refractivity (Wildman–Crippen MR) is 124 cm³/mol. The van der Waals surface area contributed by atoms with Gasteiger partial charge < -0.3 is 9.84 Å². The molecule has 1 aliphatic carbocycles. The number of rotatable bonds is 8. The lowest BCUT2D eigenvalue weighted by Crippen LogP contribution is -2.41. The summed E-state index contributed by atoms with van der Waals surface area (Å²) in [5, 5.41) is 9.55. The van der Waals surface area contributed by atoms with Crippen LogP contribution in [-0.2, 0) is 17.5 Å². The van der Waals surface area contributed by atoms with Gasteiger partial charge in [0.1, 0.15) is 11.9 Å². The van der Waals surface area contributed by atoms with Crippen molar-refractivity contribution in [2.24, 2.45) is 11.8 Å². The van der Waals surface area contributed by atoms with E-state index in [0.29, 0.717) is 23.8 Å². The first-order valence-corrected chi connectivity index (χ1v) is 12.0. The Kier molecular flexibility index (Phi) is 7.22. The molecule has 184 valence electrons. The third-order valence-electron chi connectivity index (χ3n) is 7.03. The first-order valence-electron chi connectivity index (χ1n) is 12.0. The van der Waals surface area contributed by atoms with Crippen LogP contribution in [0.2, 0.25) is 0 Å². The molecule has 2 fully saturated rings. The molecule has 1 saturated carbocycles. The van der Waals surface area contributed by atoms with Gasteiger partial charge in [0.2, 0.25) is 0 Å². The van der Waals surface area contributed by atoms with Gasteiger partial charge in [0.15, 0.2) is 0 Å². The van der Waals surface area contributed by atoms with Gasteiger partial charge in [-0.05, 0) is 80.3 Å². The summed E-state index contributed by atoms with van der Waals surface area (Å²) in [5.74, 6) is -0.209. The zero-order valence-corrected chi connectivity index (χ0v) is 19.6. The third-order valence-corrected chi connectivity index (χ3v) is 7.03. The predicted octanol–water partition coefficient (Wildman–Crippen LogP) is 6.27. The lowest BCUT2D eigenvalue weighted by molar-refractivity contribution is -0.142. The number of benzene rings is 2. The maximum atomic E-state index is 13.5. The fraction of sp³-hybridized carbons (Fsp3) is 0.519. The molecule has 4 nitrogen and oxygen atoms in total. The second-order valence-electron chi connectivity index (χ2n) is 9.84. The zero-order valence-electron chi connectivity index (χ0n) is 19.6. The standard InChI is InChI=1S/C27H32F3NO3/c1-17-8-11-24(27(28,29)30)21(13-17)15-31-12-4-7-23(16-31)34-22-6-3-5-20(14-22)25(19-9-10-19)18(2)26(32)33/h3,5-6,8,11,13-14,18-19,23,25H,4,7,9-10,12,15-16H2,1-2H3,(H,32,33)/t18-,23+,25-/m0/s1. The van der Waals surface area contributed by atoms with E-state index in [4.69, 9.17) is 4.74 Å². The van der Waals surface area contributed by atoms with Crippen LogP contribution < -0.4 is 4.74 Å². The molecule has 0 radical (unpaired) electrons. The second-order valence-corrected chi connectivity index (χ2v) is 9.84. The van der Waals surface area contributed by atoms with Crippen molar-refractivity contribution < 1.29 is 27.8 Å². The van der Waals surface area contributed by atoms with Crippen molar-refractivity contribution in [1.29, 1.82) is 0 Å².